The predicted octanol–water partition coefficient (Wildman–Crippen LogP) is 3.98. The Hall–Kier alpha value is -2.87. The number of benzene rings is 2. The quantitative estimate of drug-likeness (QED) is 0.492. The highest BCUT2D eigenvalue weighted by Gasteiger charge is 2.33. The van der Waals surface area contributed by atoms with E-state index in [2.05, 4.69) is 5.32 Å². The molecule has 2 aromatic rings. The molecule has 1 atom stereocenters. The molecule has 0 aliphatic heterocycles. The number of anilines is 1. The lowest BCUT2D eigenvalue weighted by Crippen LogP contribution is -2.54. The Labute approximate surface area is 215 Å². The van der Waals surface area contributed by atoms with Gasteiger partial charge in [-0.2, -0.15) is 0 Å². The maximum atomic E-state index is 13.8. The number of carbonyl (C=O) groups is 2. The first-order valence-electron chi connectivity index (χ1n) is 12.8. The smallest absolute Gasteiger partial charge is 0.244 e. The molecule has 0 unspecified atom stereocenters. The number of aryl methyl sites for hydroxylation is 2. The lowest BCUT2D eigenvalue weighted by atomic mass is 10.1. The minimum atomic E-state index is -3.74. The fourth-order valence-corrected chi connectivity index (χ4v) is 5.85. The summed E-state index contributed by atoms with van der Waals surface area (Å²) in [6.45, 7) is 5.63. The minimum absolute atomic E-state index is 0.139. The number of nitrogens with zero attached hydrogens (tertiary/aromatic N) is 2. The lowest BCUT2D eigenvalue weighted by molar-refractivity contribution is -0.139. The number of amides is 2. The van der Waals surface area contributed by atoms with Gasteiger partial charge in [0.1, 0.15) is 12.6 Å². The van der Waals surface area contributed by atoms with E-state index in [1.54, 1.807) is 11.0 Å². The molecule has 2 amide bonds. The minimum Gasteiger partial charge on any atom is -0.352 e. The summed E-state index contributed by atoms with van der Waals surface area (Å²) in [7, 11) is -3.74. The van der Waals surface area contributed by atoms with Crippen molar-refractivity contribution in [2.24, 2.45) is 0 Å². The average molecular weight is 514 g/mol. The second-order valence-electron chi connectivity index (χ2n) is 9.80. The van der Waals surface area contributed by atoms with Crippen molar-refractivity contribution in [1.82, 2.24) is 10.2 Å². The maximum Gasteiger partial charge on any atom is 0.244 e. The molecule has 0 aromatic heterocycles. The number of nitrogens with one attached hydrogen (secondary N) is 1. The summed E-state index contributed by atoms with van der Waals surface area (Å²) in [5.41, 5.74) is 3.31. The Balaban J connectivity index is 1.88. The Morgan fingerprint density at radius 2 is 1.72 bits per heavy atom. The standard InChI is InChI=1S/C28H39N3O4S/c1-5-25(28(33)29-24-13-9-10-14-24)30(18-17-23-11-7-6-8-12-23)27(32)20-31(36(4,34)35)26-16-15-21(2)19-22(26)3/h6-8,11-12,15-16,19,24-25H,5,9-10,13-14,17-18,20H2,1-4H3,(H,29,33)/t25-/m0/s1. The number of hydrogen-bond acceptors (Lipinski definition) is 4. The fraction of sp³-hybridized carbons (Fsp3) is 0.500. The predicted molar refractivity (Wildman–Crippen MR) is 144 cm³/mol. The van der Waals surface area contributed by atoms with Crippen molar-refractivity contribution in [1.29, 1.82) is 0 Å². The third-order valence-corrected chi connectivity index (χ3v) is 8.00. The SMILES string of the molecule is CC[C@@H](C(=O)NC1CCCC1)N(CCc1ccccc1)C(=O)CN(c1ccc(C)cc1C)S(C)(=O)=O. The van der Waals surface area contributed by atoms with E-state index in [1.165, 1.54) is 0 Å². The largest absolute Gasteiger partial charge is 0.352 e. The summed E-state index contributed by atoms with van der Waals surface area (Å²) >= 11 is 0. The molecule has 0 radical (unpaired) electrons. The molecule has 1 N–H and O–H groups in total. The van der Waals surface area contributed by atoms with Crippen LogP contribution in [0.5, 0.6) is 0 Å². The third kappa shape index (κ3) is 7.32. The van der Waals surface area contributed by atoms with Crippen LogP contribution in [0.3, 0.4) is 0 Å². The van der Waals surface area contributed by atoms with E-state index in [0.29, 0.717) is 25.1 Å². The first-order valence-corrected chi connectivity index (χ1v) is 14.6. The highest BCUT2D eigenvalue weighted by Crippen LogP contribution is 2.24. The third-order valence-electron chi connectivity index (χ3n) is 6.87. The molecule has 1 saturated carbocycles. The molecule has 7 nitrogen and oxygen atoms in total. The monoisotopic (exact) mass is 513 g/mol. The van der Waals surface area contributed by atoms with Crippen LogP contribution in [-0.2, 0) is 26.0 Å². The van der Waals surface area contributed by atoms with Gasteiger partial charge in [0, 0.05) is 12.6 Å². The Bertz CT molecular complexity index is 1140. The van der Waals surface area contributed by atoms with Crippen molar-refractivity contribution < 1.29 is 18.0 Å². The first kappa shape index (κ1) is 27.7. The van der Waals surface area contributed by atoms with Crippen LogP contribution in [0, 0.1) is 13.8 Å². The van der Waals surface area contributed by atoms with Gasteiger partial charge in [-0.3, -0.25) is 13.9 Å². The molecule has 8 heteroatoms. The zero-order chi connectivity index (χ0) is 26.3. The molecule has 1 fully saturated rings. The molecular formula is C28H39N3O4S. The summed E-state index contributed by atoms with van der Waals surface area (Å²) in [5.74, 6) is -0.548. The Morgan fingerprint density at radius 1 is 1.06 bits per heavy atom. The van der Waals surface area contributed by atoms with Crippen LogP contribution in [0.25, 0.3) is 0 Å². The number of hydrogen-bond donors (Lipinski definition) is 1. The van der Waals surface area contributed by atoms with Crippen LogP contribution >= 0.6 is 0 Å². The fourth-order valence-electron chi connectivity index (χ4n) is 4.94. The van der Waals surface area contributed by atoms with Gasteiger partial charge in [0.15, 0.2) is 0 Å². The average Bonchev–Trinajstić information content (AvgIpc) is 3.33. The Morgan fingerprint density at radius 3 is 2.31 bits per heavy atom. The summed E-state index contributed by atoms with van der Waals surface area (Å²) in [6.07, 6.45) is 6.22. The molecule has 1 aliphatic carbocycles. The first-order chi connectivity index (χ1) is 17.1. The molecule has 1 aliphatic rings. The van der Waals surface area contributed by atoms with Crippen LogP contribution in [0.1, 0.15) is 55.7 Å². The van der Waals surface area contributed by atoms with E-state index < -0.39 is 16.1 Å². The highest BCUT2D eigenvalue weighted by molar-refractivity contribution is 7.92. The van der Waals surface area contributed by atoms with Gasteiger partial charge in [0.2, 0.25) is 21.8 Å². The van der Waals surface area contributed by atoms with Crippen LogP contribution in [0.4, 0.5) is 5.69 Å². The lowest BCUT2D eigenvalue weighted by Gasteiger charge is -2.33. The van der Waals surface area contributed by atoms with Crippen LogP contribution in [-0.4, -0.2) is 56.6 Å². The Kier molecular flexibility index (Phi) is 9.54. The zero-order valence-corrected chi connectivity index (χ0v) is 22.7. The summed E-state index contributed by atoms with van der Waals surface area (Å²) in [5, 5.41) is 3.13. The summed E-state index contributed by atoms with van der Waals surface area (Å²) < 4.78 is 26.7. The van der Waals surface area contributed by atoms with Crippen LogP contribution in [0.15, 0.2) is 48.5 Å². The number of carbonyl (C=O) groups excluding carboxylic acids is 2. The van der Waals surface area contributed by atoms with Crippen molar-refractivity contribution >= 4 is 27.5 Å². The van der Waals surface area contributed by atoms with E-state index in [0.717, 1.165) is 52.9 Å². The van der Waals surface area contributed by atoms with Gasteiger partial charge in [-0.25, -0.2) is 8.42 Å². The molecule has 0 saturated heterocycles. The zero-order valence-electron chi connectivity index (χ0n) is 21.9. The van der Waals surface area contributed by atoms with Crippen molar-refractivity contribution in [3.63, 3.8) is 0 Å². The van der Waals surface area contributed by atoms with Crippen molar-refractivity contribution in [3.05, 3.63) is 65.2 Å². The van der Waals surface area contributed by atoms with Gasteiger partial charge in [-0.05, 0) is 56.7 Å². The molecular weight excluding hydrogens is 474 g/mol. The maximum absolute atomic E-state index is 13.8. The van der Waals surface area contributed by atoms with Crippen molar-refractivity contribution in [2.75, 3.05) is 23.7 Å². The molecule has 0 bridgehead atoms. The van der Waals surface area contributed by atoms with E-state index in [9.17, 15) is 18.0 Å². The van der Waals surface area contributed by atoms with E-state index in [1.807, 2.05) is 63.2 Å². The molecule has 0 spiro atoms. The number of sulfonamides is 1. The van der Waals surface area contributed by atoms with Crippen molar-refractivity contribution in [3.8, 4) is 0 Å². The number of rotatable bonds is 11. The molecule has 0 heterocycles. The van der Waals surface area contributed by atoms with Gasteiger partial charge < -0.3 is 10.2 Å². The van der Waals surface area contributed by atoms with Gasteiger partial charge in [-0.1, -0.05) is 67.8 Å². The van der Waals surface area contributed by atoms with E-state index in [4.69, 9.17) is 0 Å². The normalized spacial score (nSPS) is 14.9. The molecule has 2 aromatic carbocycles. The molecule has 196 valence electrons. The van der Waals surface area contributed by atoms with Gasteiger partial charge in [0.25, 0.3) is 0 Å². The van der Waals surface area contributed by atoms with E-state index in [-0.39, 0.29) is 24.4 Å². The van der Waals surface area contributed by atoms with Gasteiger partial charge in [-0.15, -0.1) is 0 Å². The van der Waals surface area contributed by atoms with Crippen molar-refractivity contribution in [2.45, 2.75) is 71.4 Å². The topological polar surface area (TPSA) is 86.8 Å². The van der Waals surface area contributed by atoms with Gasteiger partial charge >= 0.3 is 0 Å². The summed E-state index contributed by atoms with van der Waals surface area (Å²) in [6, 6.07) is 14.7. The van der Waals surface area contributed by atoms with Gasteiger partial charge in [0.05, 0.1) is 11.9 Å². The summed E-state index contributed by atoms with van der Waals surface area (Å²) in [4.78, 5) is 28.6. The van der Waals surface area contributed by atoms with Crippen LogP contribution in [0.2, 0.25) is 0 Å². The van der Waals surface area contributed by atoms with E-state index >= 15 is 0 Å². The second-order valence-corrected chi connectivity index (χ2v) is 11.7. The molecule has 36 heavy (non-hydrogen) atoms. The molecule has 3 rings (SSSR count). The highest BCUT2D eigenvalue weighted by atomic mass is 32.2. The second kappa shape index (κ2) is 12.4. The van der Waals surface area contributed by atoms with Crippen LogP contribution < -0.4 is 9.62 Å².